The van der Waals surface area contributed by atoms with Crippen LogP contribution in [0.4, 0.5) is 0 Å². The molecule has 1 aromatic heterocycles. The van der Waals surface area contributed by atoms with E-state index in [4.69, 9.17) is 5.73 Å². The first-order valence-corrected chi connectivity index (χ1v) is 8.75. The number of nitrogens with one attached hydrogen (secondary N) is 1. The summed E-state index contributed by atoms with van der Waals surface area (Å²) in [5, 5.41) is 0. The minimum Gasteiger partial charge on any atom is -0.370 e. The maximum absolute atomic E-state index is 12.8. The molecule has 0 spiro atoms. The molecular formula is C19H22N4O3. The van der Waals surface area contributed by atoms with E-state index in [1.165, 1.54) is 6.20 Å². The average Bonchev–Trinajstić information content (AvgIpc) is 2.67. The summed E-state index contributed by atoms with van der Waals surface area (Å²) in [4.78, 5) is 42.8. The molecule has 0 bridgehead atoms. The molecule has 0 radical (unpaired) electrons. The van der Waals surface area contributed by atoms with Crippen LogP contribution in [0, 0.1) is 5.92 Å². The lowest BCUT2D eigenvalue weighted by Gasteiger charge is -2.32. The molecule has 1 aliphatic rings. The number of H-pyrrole nitrogens is 1. The molecule has 1 fully saturated rings. The largest absolute Gasteiger partial charge is 0.370 e. The summed E-state index contributed by atoms with van der Waals surface area (Å²) in [5.41, 5.74) is 7.12. The van der Waals surface area contributed by atoms with E-state index in [1.54, 1.807) is 18.3 Å². The van der Waals surface area contributed by atoms with E-state index in [-0.39, 0.29) is 11.8 Å². The first kappa shape index (κ1) is 17.8. The van der Waals surface area contributed by atoms with E-state index in [9.17, 15) is 14.4 Å². The van der Waals surface area contributed by atoms with Crippen LogP contribution in [0.3, 0.4) is 0 Å². The number of amides is 2. The number of aromatic nitrogens is 2. The van der Waals surface area contributed by atoms with Gasteiger partial charge in [-0.3, -0.25) is 9.59 Å². The van der Waals surface area contributed by atoms with Crippen LogP contribution >= 0.6 is 0 Å². The van der Waals surface area contributed by atoms with Crippen molar-refractivity contribution in [3.63, 3.8) is 0 Å². The van der Waals surface area contributed by atoms with Crippen molar-refractivity contribution in [3.05, 3.63) is 52.7 Å². The Labute approximate surface area is 151 Å². The zero-order chi connectivity index (χ0) is 18.5. The first-order valence-electron chi connectivity index (χ1n) is 8.75. The zero-order valence-corrected chi connectivity index (χ0v) is 14.5. The number of piperidine rings is 1. The quantitative estimate of drug-likeness (QED) is 0.849. The first-order chi connectivity index (χ1) is 12.5. The van der Waals surface area contributed by atoms with Crippen LogP contribution in [0.1, 0.15) is 36.0 Å². The molecule has 0 unspecified atom stereocenters. The normalized spacial score (nSPS) is 17.1. The van der Waals surface area contributed by atoms with Gasteiger partial charge in [-0.1, -0.05) is 12.1 Å². The second-order valence-electron chi connectivity index (χ2n) is 6.65. The van der Waals surface area contributed by atoms with Crippen LogP contribution in [0.25, 0.3) is 11.1 Å². The molecule has 1 atom stereocenters. The van der Waals surface area contributed by atoms with Crippen LogP contribution < -0.4 is 11.4 Å². The molecule has 0 aliphatic carbocycles. The maximum Gasteiger partial charge on any atom is 0.344 e. The van der Waals surface area contributed by atoms with Gasteiger partial charge in [-0.2, -0.15) is 0 Å². The highest BCUT2D eigenvalue weighted by molar-refractivity contribution is 5.94. The predicted octanol–water partition coefficient (Wildman–Crippen LogP) is 1.55. The van der Waals surface area contributed by atoms with Gasteiger partial charge in [-0.05, 0) is 42.9 Å². The highest BCUT2D eigenvalue weighted by Crippen LogP contribution is 2.23. The third kappa shape index (κ3) is 4.36. The van der Waals surface area contributed by atoms with Gasteiger partial charge in [0.2, 0.25) is 5.91 Å². The lowest BCUT2D eigenvalue weighted by molar-refractivity contribution is -0.118. The molecule has 1 saturated heterocycles. The molecule has 136 valence electrons. The summed E-state index contributed by atoms with van der Waals surface area (Å²) >= 11 is 0. The number of carbonyl (C=O) groups is 2. The fourth-order valence-electron chi connectivity index (χ4n) is 3.32. The summed E-state index contributed by atoms with van der Waals surface area (Å²) < 4.78 is 0. The minimum absolute atomic E-state index is 0.0000753. The average molecular weight is 354 g/mol. The number of likely N-dealkylation sites (tertiary alicyclic amines) is 1. The van der Waals surface area contributed by atoms with Gasteiger partial charge in [0.15, 0.2) is 0 Å². The van der Waals surface area contributed by atoms with E-state index in [1.807, 2.05) is 17.0 Å². The van der Waals surface area contributed by atoms with Crippen molar-refractivity contribution >= 4 is 11.8 Å². The van der Waals surface area contributed by atoms with Gasteiger partial charge in [-0.15, -0.1) is 0 Å². The molecular weight excluding hydrogens is 332 g/mol. The molecule has 1 aromatic carbocycles. The topological polar surface area (TPSA) is 109 Å². The second-order valence-corrected chi connectivity index (χ2v) is 6.65. The number of carbonyl (C=O) groups excluding carboxylic acids is 2. The highest BCUT2D eigenvalue weighted by atomic mass is 16.2. The third-order valence-corrected chi connectivity index (χ3v) is 4.74. The van der Waals surface area contributed by atoms with Crippen molar-refractivity contribution in [2.75, 3.05) is 13.1 Å². The smallest absolute Gasteiger partial charge is 0.344 e. The standard InChI is InChI=1S/C19H22N4O3/c20-17(24)8-3-13-2-1-9-23(12-13)18(25)15-6-4-14(5-7-15)16-10-21-19(26)22-11-16/h4-7,10-11,13H,1-3,8-9,12H2,(H2,20,24)(H,21,22,26)/t13-/m0/s1. The zero-order valence-electron chi connectivity index (χ0n) is 14.5. The number of hydrogen-bond donors (Lipinski definition) is 2. The van der Waals surface area contributed by atoms with E-state index in [2.05, 4.69) is 9.97 Å². The Morgan fingerprint density at radius 1 is 1.23 bits per heavy atom. The number of nitrogens with zero attached hydrogens (tertiary/aromatic N) is 2. The Morgan fingerprint density at radius 2 is 2.00 bits per heavy atom. The van der Waals surface area contributed by atoms with Gasteiger partial charge >= 0.3 is 5.69 Å². The summed E-state index contributed by atoms with van der Waals surface area (Å²) in [5.74, 6) is 0.0346. The number of benzene rings is 1. The predicted molar refractivity (Wildman–Crippen MR) is 97.3 cm³/mol. The van der Waals surface area contributed by atoms with Crippen LogP contribution in [-0.2, 0) is 4.79 Å². The molecule has 7 heteroatoms. The second kappa shape index (κ2) is 7.95. The monoisotopic (exact) mass is 354 g/mol. The van der Waals surface area contributed by atoms with Gasteiger partial charge in [0, 0.05) is 43.0 Å². The van der Waals surface area contributed by atoms with Crippen molar-refractivity contribution in [2.24, 2.45) is 11.7 Å². The fraction of sp³-hybridized carbons (Fsp3) is 0.368. The van der Waals surface area contributed by atoms with Crippen molar-refractivity contribution in [1.82, 2.24) is 14.9 Å². The van der Waals surface area contributed by atoms with Crippen molar-refractivity contribution in [1.29, 1.82) is 0 Å². The van der Waals surface area contributed by atoms with Gasteiger partial charge < -0.3 is 15.6 Å². The molecule has 26 heavy (non-hydrogen) atoms. The summed E-state index contributed by atoms with van der Waals surface area (Å²) in [6.45, 7) is 1.40. The Bertz CT molecular complexity index is 824. The molecule has 3 rings (SSSR count). The Balaban J connectivity index is 1.66. The summed E-state index contributed by atoms with van der Waals surface area (Å²) in [7, 11) is 0. The minimum atomic E-state index is -0.392. The molecule has 1 aliphatic heterocycles. The van der Waals surface area contributed by atoms with E-state index >= 15 is 0 Å². The number of hydrogen-bond acceptors (Lipinski definition) is 4. The van der Waals surface area contributed by atoms with Crippen LogP contribution in [0.15, 0.2) is 41.5 Å². The van der Waals surface area contributed by atoms with Crippen molar-refractivity contribution < 1.29 is 9.59 Å². The molecule has 3 N–H and O–H groups in total. The van der Waals surface area contributed by atoms with Gasteiger partial charge in [-0.25, -0.2) is 9.78 Å². The summed E-state index contributed by atoms with van der Waals surface area (Å²) in [6.07, 6.45) is 6.17. The molecule has 0 saturated carbocycles. The van der Waals surface area contributed by atoms with Crippen molar-refractivity contribution in [3.8, 4) is 11.1 Å². The van der Waals surface area contributed by atoms with E-state index < -0.39 is 5.69 Å². The molecule has 7 nitrogen and oxygen atoms in total. The number of primary amides is 1. The van der Waals surface area contributed by atoms with E-state index in [0.29, 0.717) is 24.4 Å². The number of nitrogens with two attached hydrogens (primary N) is 1. The molecule has 2 heterocycles. The molecule has 2 aromatic rings. The van der Waals surface area contributed by atoms with Crippen LogP contribution in [0.5, 0.6) is 0 Å². The maximum atomic E-state index is 12.8. The highest BCUT2D eigenvalue weighted by Gasteiger charge is 2.24. The number of rotatable bonds is 5. The van der Waals surface area contributed by atoms with E-state index in [0.717, 1.165) is 36.9 Å². The Morgan fingerprint density at radius 3 is 2.65 bits per heavy atom. The Kier molecular flexibility index (Phi) is 5.46. The SMILES string of the molecule is NC(=O)CC[C@@H]1CCCN(C(=O)c2ccc(-c3cnc(=O)[nH]c3)cc2)C1. The number of aromatic amines is 1. The van der Waals surface area contributed by atoms with Crippen LogP contribution in [0.2, 0.25) is 0 Å². The van der Waals surface area contributed by atoms with Crippen molar-refractivity contribution in [2.45, 2.75) is 25.7 Å². The van der Waals surface area contributed by atoms with Gasteiger partial charge in [0.05, 0.1) is 0 Å². The van der Waals surface area contributed by atoms with Gasteiger partial charge in [0.1, 0.15) is 0 Å². The van der Waals surface area contributed by atoms with Crippen LogP contribution in [-0.4, -0.2) is 39.8 Å². The summed E-state index contributed by atoms with van der Waals surface area (Å²) in [6, 6.07) is 7.26. The lowest BCUT2D eigenvalue weighted by Crippen LogP contribution is -2.40. The molecule has 2 amide bonds. The van der Waals surface area contributed by atoms with Gasteiger partial charge in [0.25, 0.3) is 5.91 Å². The fourth-order valence-corrected chi connectivity index (χ4v) is 3.32. The Hall–Kier alpha value is -2.96. The third-order valence-electron chi connectivity index (χ3n) is 4.74. The lowest BCUT2D eigenvalue weighted by atomic mass is 9.93.